The minimum Gasteiger partial charge on any atom is -0.379 e. The van der Waals surface area contributed by atoms with Gasteiger partial charge in [-0.1, -0.05) is 72.8 Å². The lowest BCUT2D eigenvalue weighted by Gasteiger charge is -2.07. The summed E-state index contributed by atoms with van der Waals surface area (Å²) in [4.78, 5) is 11.4. The van der Waals surface area contributed by atoms with E-state index in [1.807, 2.05) is 36.4 Å². The van der Waals surface area contributed by atoms with E-state index in [0.29, 0.717) is 16.7 Å². The molecule has 0 heterocycles. The zero-order valence-electron chi connectivity index (χ0n) is 14.9. The molecule has 0 saturated carbocycles. The highest BCUT2D eigenvalue weighted by molar-refractivity contribution is 7.90. The van der Waals surface area contributed by atoms with E-state index >= 15 is 0 Å². The average Bonchev–Trinajstić information content (AvgIpc) is 2.72. The van der Waals surface area contributed by atoms with Crippen molar-refractivity contribution in [2.75, 3.05) is 0 Å². The van der Waals surface area contributed by atoms with E-state index in [1.54, 1.807) is 54.6 Å². The molecule has 5 heteroatoms. The fourth-order valence-corrected chi connectivity index (χ4v) is 3.35. The van der Waals surface area contributed by atoms with Gasteiger partial charge in [0.1, 0.15) is 5.75 Å². The van der Waals surface area contributed by atoms with Crippen molar-refractivity contribution in [3.05, 3.63) is 113 Å². The zero-order chi connectivity index (χ0) is 19.8. The molecule has 0 aromatic heterocycles. The second kappa shape index (κ2) is 8.97. The molecule has 0 radical (unpaired) electrons. The van der Waals surface area contributed by atoms with Crippen molar-refractivity contribution in [2.24, 2.45) is 0 Å². The molecule has 0 spiro atoms. The van der Waals surface area contributed by atoms with Crippen molar-refractivity contribution in [1.82, 2.24) is 0 Å². The lowest BCUT2D eigenvalue weighted by Crippen LogP contribution is -2.05. The maximum absolute atomic E-state index is 12.3. The summed E-state index contributed by atoms with van der Waals surface area (Å²) in [6.45, 7) is 0. The summed E-state index contributed by atoms with van der Waals surface area (Å²) in [7, 11) is -3.96. The predicted octanol–water partition coefficient (Wildman–Crippen LogP) is 4.96. The molecule has 0 aliphatic carbocycles. The third kappa shape index (κ3) is 5.28. The highest BCUT2D eigenvalue weighted by Crippen LogP contribution is 2.23. The Balaban J connectivity index is 1.99. The molecular weight excluding hydrogens is 372 g/mol. The Hall–Kier alpha value is -3.44. The monoisotopic (exact) mass is 390 g/mol. The van der Waals surface area contributed by atoms with Gasteiger partial charge in [-0.2, -0.15) is 8.42 Å². The van der Waals surface area contributed by atoms with Crippen LogP contribution in [0.25, 0.3) is 11.6 Å². The summed E-state index contributed by atoms with van der Waals surface area (Å²) in [5, 5.41) is 0.996. The van der Waals surface area contributed by atoms with E-state index in [4.69, 9.17) is 4.18 Å². The first-order valence-electron chi connectivity index (χ1n) is 8.56. The van der Waals surface area contributed by atoms with Crippen molar-refractivity contribution in [3.63, 3.8) is 0 Å². The number of carbonyl (C=O) groups excluding carboxylic acids is 1. The number of para-hydroxylation sites is 1. The van der Waals surface area contributed by atoms with Crippen LogP contribution in [0.5, 0.6) is 5.75 Å². The second-order valence-corrected chi connectivity index (χ2v) is 7.33. The number of benzene rings is 3. The van der Waals surface area contributed by atoms with Gasteiger partial charge in [0.2, 0.25) is 0 Å². The van der Waals surface area contributed by atoms with Crippen LogP contribution in [0.3, 0.4) is 0 Å². The quantitative estimate of drug-likeness (QED) is 0.248. The van der Waals surface area contributed by atoms with Crippen molar-refractivity contribution in [2.45, 2.75) is 0 Å². The molecule has 0 aliphatic rings. The number of allylic oxidation sites excluding steroid dienone is 2. The third-order valence-electron chi connectivity index (χ3n) is 3.89. The summed E-state index contributed by atoms with van der Waals surface area (Å²) in [5.41, 5.74) is 2.56. The maximum Gasteiger partial charge on any atom is 0.332 e. The predicted molar refractivity (Wildman–Crippen MR) is 111 cm³/mol. The summed E-state index contributed by atoms with van der Waals surface area (Å²) in [5.74, 6) is 0.231. The Bertz CT molecular complexity index is 1100. The SMILES string of the molecule is O=Cc1ccccc1C(=C\c1ccccc1)/C=C/S(=O)(=O)Oc1ccccc1. The molecule has 0 atom stereocenters. The van der Waals surface area contributed by atoms with Crippen molar-refractivity contribution < 1.29 is 17.4 Å². The summed E-state index contributed by atoms with van der Waals surface area (Å²) < 4.78 is 29.8. The van der Waals surface area contributed by atoms with Crippen molar-refractivity contribution in [3.8, 4) is 5.75 Å². The molecule has 0 N–H and O–H groups in total. The molecular formula is C23H18O4S. The van der Waals surface area contributed by atoms with Gasteiger partial charge >= 0.3 is 10.1 Å². The van der Waals surface area contributed by atoms with Crippen LogP contribution >= 0.6 is 0 Å². The lowest BCUT2D eigenvalue weighted by molar-refractivity contribution is 0.112. The number of rotatable bonds is 7. The van der Waals surface area contributed by atoms with Gasteiger partial charge in [0.15, 0.2) is 6.29 Å². The van der Waals surface area contributed by atoms with E-state index in [1.165, 1.54) is 6.08 Å². The zero-order valence-corrected chi connectivity index (χ0v) is 15.8. The number of aldehydes is 1. The highest BCUT2D eigenvalue weighted by atomic mass is 32.2. The number of hydrogen-bond acceptors (Lipinski definition) is 4. The second-order valence-electron chi connectivity index (χ2n) is 5.91. The first-order chi connectivity index (χ1) is 13.6. The van der Waals surface area contributed by atoms with Crippen LogP contribution in [0.1, 0.15) is 21.5 Å². The van der Waals surface area contributed by atoms with Gasteiger partial charge in [-0.3, -0.25) is 4.79 Å². The van der Waals surface area contributed by atoms with E-state index in [0.717, 1.165) is 17.3 Å². The average molecular weight is 390 g/mol. The largest absolute Gasteiger partial charge is 0.379 e. The van der Waals surface area contributed by atoms with Gasteiger partial charge < -0.3 is 4.18 Å². The normalized spacial score (nSPS) is 12.1. The Morgan fingerprint density at radius 3 is 2.07 bits per heavy atom. The van der Waals surface area contributed by atoms with Gasteiger partial charge in [0.05, 0.1) is 5.41 Å². The van der Waals surface area contributed by atoms with E-state index in [9.17, 15) is 13.2 Å². The molecule has 0 aliphatic heterocycles. The Labute approximate surface area is 164 Å². The lowest BCUT2D eigenvalue weighted by atomic mass is 9.98. The standard InChI is InChI=1S/C23H18O4S/c24-18-21-11-7-8-14-23(21)20(17-19-9-3-1-4-10-19)15-16-28(25,26)27-22-12-5-2-6-13-22/h1-18H/b16-15+,20-17-. The highest BCUT2D eigenvalue weighted by Gasteiger charge is 2.10. The summed E-state index contributed by atoms with van der Waals surface area (Å²) >= 11 is 0. The minimum atomic E-state index is -3.96. The van der Waals surface area contributed by atoms with Crippen LogP contribution in [0, 0.1) is 0 Å². The molecule has 140 valence electrons. The van der Waals surface area contributed by atoms with Gasteiger partial charge in [-0.25, -0.2) is 0 Å². The number of carbonyl (C=O) groups is 1. The van der Waals surface area contributed by atoms with Crippen LogP contribution < -0.4 is 4.18 Å². The summed E-state index contributed by atoms with van der Waals surface area (Å²) in [6, 6.07) is 24.7. The fraction of sp³-hybridized carbons (Fsp3) is 0. The first kappa shape index (κ1) is 19.3. The molecule has 0 saturated heterocycles. The fourth-order valence-electron chi connectivity index (χ4n) is 2.60. The number of hydrogen-bond donors (Lipinski definition) is 0. The van der Waals surface area contributed by atoms with Gasteiger partial charge in [0, 0.05) is 5.56 Å². The van der Waals surface area contributed by atoms with E-state index < -0.39 is 10.1 Å². The topological polar surface area (TPSA) is 60.4 Å². The van der Waals surface area contributed by atoms with Crippen LogP contribution in [-0.2, 0) is 10.1 Å². The van der Waals surface area contributed by atoms with Crippen LogP contribution in [0.15, 0.2) is 96.4 Å². The van der Waals surface area contributed by atoms with Gasteiger partial charge in [-0.15, -0.1) is 0 Å². The smallest absolute Gasteiger partial charge is 0.332 e. The molecule has 3 aromatic carbocycles. The van der Waals surface area contributed by atoms with Gasteiger partial charge in [-0.05, 0) is 41.0 Å². The molecule has 0 fully saturated rings. The first-order valence-corrected chi connectivity index (χ1v) is 10.0. The molecule has 3 aromatic rings. The summed E-state index contributed by atoms with van der Waals surface area (Å²) in [6.07, 6.45) is 4.00. The van der Waals surface area contributed by atoms with Gasteiger partial charge in [0.25, 0.3) is 0 Å². The van der Waals surface area contributed by atoms with Crippen LogP contribution in [0.4, 0.5) is 0 Å². The van der Waals surface area contributed by atoms with Crippen molar-refractivity contribution >= 4 is 28.1 Å². The molecule has 4 nitrogen and oxygen atoms in total. The Kier molecular flexibility index (Phi) is 6.19. The molecule has 3 rings (SSSR count). The van der Waals surface area contributed by atoms with Crippen molar-refractivity contribution in [1.29, 1.82) is 0 Å². The maximum atomic E-state index is 12.3. The van der Waals surface area contributed by atoms with Crippen LogP contribution in [-0.4, -0.2) is 14.7 Å². The molecule has 28 heavy (non-hydrogen) atoms. The van der Waals surface area contributed by atoms with E-state index in [-0.39, 0.29) is 5.75 Å². The Morgan fingerprint density at radius 2 is 1.39 bits per heavy atom. The van der Waals surface area contributed by atoms with E-state index in [2.05, 4.69) is 0 Å². The molecule has 0 amide bonds. The third-order valence-corrected chi connectivity index (χ3v) is 4.78. The minimum absolute atomic E-state index is 0.231. The van der Waals surface area contributed by atoms with Crippen LogP contribution in [0.2, 0.25) is 0 Å². The molecule has 0 unspecified atom stereocenters. The molecule has 0 bridgehead atoms. The Morgan fingerprint density at radius 1 is 0.786 bits per heavy atom.